The van der Waals surface area contributed by atoms with E-state index in [1.54, 1.807) is 12.1 Å². The molecule has 1 aliphatic rings. The smallest absolute Gasteiger partial charge is 0.296 e. The van der Waals surface area contributed by atoms with Gasteiger partial charge in [0.05, 0.1) is 29.3 Å². The minimum absolute atomic E-state index is 0.0561. The molecule has 1 fully saturated rings. The lowest BCUT2D eigenvalue weighted by molar-refractivity contribution is -0.384. The van der Waals surface area contributed by atoms with Gasteiger partial charge in [-0.25, -0.2) is 4.39 Å². The Labute approximate surface area is 175 Å². The number of halogens is 1. The second-order valence-electron chi connectivity index (χ2n) is 6.86. The standard InChI is InChI=1S/C22H15FN2O6/c23-15-7-3-14(4-8-15)20(26)18-19(13-5-9-16(10-6-13)25(29)30)24(22(28)21(18)27)12-17-2-1-11-31-17/h1-11,19,26H,12H2/b20-18+. The highest BCUT2D eigenvalue weighted by Gasteiger charge is 2.46. The topological polar surface area (TPSA) is 114 Å². The van der Waals surface area contributed by atoms with Crippen molar-refractivity contribution in [1.29, 1.82) is 0 Å². The van der Waals surface area contributed by atoms with Crippen molar-refractivity contribution in [3.63, 3.8) is 0 Å². The van der Waals surface area contributed by atoms with Gasteiger partial charge in [-0.1, -0.05) is 0 Å². The number of aliphatic hydroxyl groups is 1. The summed E-state index contributed by atoms with van der Waals surface area (Å²) in [5.41, 5.74) is 0.187. The largest absolute Gasteiger partial charge is 0.507 e. The third-order valence-electron chi connectivity index (χ3n) is 4.98. The molecule has 3 aromatic rings. The van der Waals surface area contributed by atoms with Crippen LogP contribution in [0.4, 0.5) is 10.1 Å². The van der Waals surface area contributed by atoms with Crippen molar-refractivity contribution in [1.82, 2.24) is 4.90 Å². The molecule has 1 saturated heterocycles. The summed E-state index contributed by atoms with van der Waals surface area (Å²) in [7, 11) is 0. The predicted molar refractivity (Wildman–Crippen MR) is 106 cm³/mol. The zero-order valence-electron chi connectivity index (χ0n) is 15.9. The molecule has 31 heavy (non-hydrogen) atoms. The SMILES string of the molecule is O=C1C(=O)N(Cc2ccco2)C(c2ccc([N+](=O)[O-])cc2)/C1=C(\O)c1ccc(F)cc1. The van der Waals surface area contributed by atoms with E-state index in [2.05, 4.69) is 0 Å². The molecule has 4 rings (SSSR count). The van der Waals surface area contributed by atoms with Crippen LogP contribution in [0.2, 0.25) is 0 Å². The molecule has 0 bridgehead atoms. The molecule has 1 amide bonds. The van der Waals surface area contributed by atoms with E-state index in [9.17, 15) is 29.2 Å². The van der Waals surface area contributed by atoms with Crippen LogP contribution in [0.3, 0.4) is 0 Å². The molecule has 1 unspecified atom stereocenters. The molecule has 9 heteroatoms. The second-order valence-corrected chi connectivity index (χ2v) is 6.86. The van der Waals surface area contributed by atoms with Crippen molar-refractivity contribution in [2.45, 2.75) is 12.6 Å². The van der Waals surface area contributed by atoms with Gasteiger partial charge in [-0.3, -0.25) is 19.7 Å². The normalized spacial score (nSPS) is 17.8. The second kappa shape index (κ2) is 7.86. The molecule has 0 saturated carbocycles. The van der Waals surface area contributed by atoms with E-state index in [0.717, 1.165) is 12.1 Å². The Morgan fingerprint density at radius 1 is 1.10 bits per heavy atom. The Hall–Kier alpha value is -4.27. The lowest BCUT2D eigenvalue weighted by Crippen LogP contribution is -2.29. The van der Waals surface area contributed by atoms with Crippen molar-refractivity contribution in [3.8, 4) is 0 Å². The van der Waals surface area contributed by atoms with Gasteiger partial charge in [0.1, 0.15) is 17.3 Å². The number of rotatable bonds is 5. The Bertz CT molecular complexity index is 1180. The maximum atomic E-state index is 13.3. The zero-order valence-corrected chi connectivity index (χ0v) is 15.9. The third-order valence-corrected chi connectivity index (χ3v) is 4.98. The molecule has 2 aromatic carbocycles. The first-order chi connectivity index (χ1) is 14.9. The average molecular weight is 422 g/mol. The van der Waals surface area contributed by atoms with E-state index < -0.39 is 34.2 Å². The van der Waals surface area contributed by atoms with Gasteiger partial charge in [-0.15, -0.1) is 0 Å². The van der Waals surface area contributed by atoms with Crippen LogP contribution in [0.25, 0.3) is 5.76 Å². The van der Waals surface area contributed by atoms with Crippen LogP contribution in [0.5, 0.6) is 0 Å². The van der Waals surface area contributed by atoms with Gasteiger partial charge < -0.3 is 14.4 Å². The van der Waals surface area contributed by atoms with Crippen molar-refractivity contribution >= 4 is 23.1 Å². The number of hydrogen-bond donors (Lipinski definition) is 1. The molecule has 0 radical (unpaired) electrons. The fourth-order valence-electron chi connectivity index (χ4n) is 3.50. The summed E-state index contributed by atoms with van der Waals surface area (Å²) < 4.78 is 18.6. The maximum Gasteiger partial charge on any atom is 0.296 e. The fraction of sp³-hybridized carbons (Fsp3) is 0.0909. The van der Waals surface area contributed by atoms with Gasteiger partial charge >= 0.3 is 0 Å². The molecule has 8 nitrogen and oxygen atoms in total. The van der Waals surface area contributed by atoms with E-state index in [1.165, 1.54) is 47.6 Å². The van der Waals surface area contributed by atoms with Crippen molar-refractivity contribution < 1.29 is 28.4 Å². The summed E-state index contributed by atoms with van der Waals surface area (Å²) in [4.78, 5) is 37.3. The van der Waals surface area contributed by atoms with Crippen LogP contribution in [-0.4, -0.2) is 26.6 Å². The minimum atomic E-state index is -1.02. The first kappa shape index (κ1) is 20.0. The highest BCUT2D eigenvalue weighted by molar-refractivity contribution is 6.46. The van der Waals surface area contributed by atoms with Crippen LogP contribution < -0.4 is 0 Å². The summed E-state index contributed by atoms with van der Waals surface area (Å²) in [6, 6.07) is 12.4. The maximum absolute atomic E-state index is 13.3. The quantitative estimate of drug-likeness (QED) is 0.219. The summed E-state index contributed by atoms with van der Waals surface area (Å²) in [5.74, 6) is -2.36. The van der Waals surface area contributed by atoms with Crippen LogP contribution >= 0.6 is 0 Å². The number of nitro benzene ring substituents is 1. The molecule has 2 heterocycles. The van der Waals surface area contributed by atoms with Gasteiger partial charge in [0, 0.05) is 17.7 Å². The number of nitrogens with zero attached hydrogens (tertiary/aromatic N) is 2. The number of furan rings is 1. The number of hydrogen-bond acceptors (Lipinski definition) is 6. The number of non-ortho nitro benzene ring substituents is 1. The molecule has 1 aliphatic heterocycles. The molecule has 1 N–H and O–H groups in total. The number of likely N-dealkylation sites (tertiary alicyclic amines) is 1. The number of carbonyl (C=O) groups excluding carboxylic acids is 2. The van der Waals surface area contributed by atoms with Crippen LogP contribution in [0.15, 0.2) is 76.9 Å². The van der Waals surface area contributed by atoms with Gasteiger partial charge in [0.2, 0.25) is 0 Å². The highest BCUT2D eigenvalue weighted by Crippen LogP contribution is 2.40. The zero-order chi connectivity index (χ0) is 22.1. The number of Topliss-reactive ketones (excluding diaryl/α,β-unsaturated/α-hetero) is 1. The van der Waals surface area contributed by atoms with E-state index in [0.29, 0.717) is 11.3 Å². The lowest BCUT2D eigenvalue weighted by atomic mass is 9.95. The average Bonchev–Trinajstić information content (AvgIpc) is 3.36. The van der Waals surface area contributed by atoms with E-state index in [4.69, 9.17) is 4.42 Å². The number of aliphatic hydroxyl groups excluding tert-OH is 1. The Kier molecular flexibility index (Phi) is 5.08. The molecule has 0 spiro atoms. The van der Waals surface area contributed by atoms with E-state index in [1.807, 2.05) is 0 Å². The predicted octanol–water partition coefficient (Wildman–Crippen LogP) is 3.95. The van der Waals surface area contributed by atoms with Gasteiger partial charge in [0.25, 0.3) is 17.4 Å². The molecule has 0 aliphatic carbocycles. The molecular formula is C22H15FN2O6. The van der Waals surface area contributed by atoms with Crippen LogP contribution in [0, 0.1) is 15.9 Å². The highest BCUT2D eigenvalue weighted by atomic mass is 19.1. The molecular weight excluding hydrogens is 407 g/mol. The Balaban J connectivity index is 1.85. The van der Waals surface area contributed by atoms with E-state index in [-0.39, 0.29) is 23.4 Å². The summed E-state index contributed by atoms with van der Waals surface area (Å²) >= 11 is 0. The number of amides is 1. The monoisotopic (exact) mass is 422 g/mol. The fourth-order valence-corrected chi connectivity index (χ4v) is 3.50. The summed E-state index contributed by atoms with van der Waals surface area (Å²) in [6.07, 6.45) is 1.42. The number of carbonyl (C=O) groups is 2. The van der Waals surface area contributed by atoms with Crippen molar-refractivity contribution in [2.75, 3.05) is 0 Å². The van der Waals surface area contributed by atoms with E-state index >= 15 is 0 Å². The lowest BCUT2D eigenvalue weighted by Gasteiger charge is -2.24. The van der Waals surface area contributed by atoms with Gasteiger partial charge in [-0.05, 0) is 54.1 Å². The first-order valence-corrected chi connectivity index (χ1v) is 9.18. The molecule has 1 atom stereocenters. The van der Waals surface area contributed by atoms with Crippen LogP contribution in [0.1, 0.15) is 22.9 Å². The van der Waals surface area contributed by atoms with Crippen molar-refractivity contribution in [2.24, 2.45) is 0 Å². The first-order valence-electron chi connectivity index (χ1n) is 9.18. The summed E-state index contributed by atoms with van der Waals surface area (Å²) in [5, 5.41) is 21.8. The minimum Gasteiger partial charge on any atom is -0.507 e. The summed E-state index contributed by atoms with van der Waals surface area (Å²) in [6.45, 7) is -0.0561. The van der Waals surface area contributed by atoms with Gasteiger partial charge in [-0.2, -0.15) is 0 Å². The van der Waals surface area contributed by atoms with Gasteiger partial charge in [0.15, 0.2) is 0 Å². The Morgan fingerprint density at radius 3 is 2.35 bits per heavy atom. The third kappa shape index (κ3) is 3.68. The molecule has 1 aromatic heterocycles. The van der Waals surface area contributed by atoms with Crippen molar-refractivity contribution in [3.05, 3.63) is 105 Å². The number of benzene rings is 2. The van der Waals surface area contributed by atoms with Crippen LogP contribution in [-0.2, 0) is 16.1 Å². The Morgan fingerprint density at radius 2 is 1.77 bits per heavy atom. The molecule has 156 valence electrons. The number of ketones is 1. The number of nitro groups is 1.